The molecule has 0 aliphatic carbocycles. The van der Waals surface area contributed by atoms with Gasteiger partial charge in [0, 0.05) is 10.5 Å². The van der Waals surface area contributed by atoms with E-state index in [1.54, 1.807) is 13.0 Å². The Morgan fingerprint density at radius 1 is 1.58 bits per heavy atom. The van der Waals surface area contributed by atoms with Crippen LogP contribution in [0.1, 0.15) is 5.56 Å². The van der Waals surface area contributed by atoms with Gasteiger partial charge in [0.15, 0.2) is 0 Å². The molecule has 0 amide bonds. The Morgan fingerprint density at radius 3 is 2.83 bits per heavy atom. The average molecular weight is 230 g/mol. The predicted molar refractivity (Wildman–Crippen MR) is 46.6 cm³/mol. The number of carbonyl (C=O) groups excluding carboxylic acids is 1. The van der Waals surface area contributed by atoms with Crippen molar-refractivity contribution in [2.45, 2.75) is 6.92 Å². The maximum atomic E-state index is 12.9. The monoisotopic (exact) mass is 229 g/mol. The van der Waals surface area contributed by atoms with Gasteiger partial charge in [-0.3, -0.25) is 0 Å². The molecule has 1 aromatic rings. The van der Waals surface area contributed by atoms with Gasteiger partial charge in [0.1, 0.15) is 5.82 Å². The van der Waals surface area contributed by atoms with Crippen molar-refractivity contribution in [2.24, 2.45) is 4.99 Å². The van der Waals surface area contributed by atoms with Gasteiger partial charge in [0.05, 0.1) is 5.69 Å². The average Bonchev–Trinajstić information content (AvgIpc) is 2.01. The molecule has 2 nitrogen and oxygen atoms in total. The molecular formula is C8H5BrFNO. The van der Waals surface area contributed by atoms with E-state index in [1.165, 1.54) is 12.1 Å². The van der Waals surface area contributed by atoms with Gasteiger partial charge >= 0.3 is 0 Å². The van der Waals surface area contributed by atoms with Crippen LogP contribution >= 0.6 is 15.9 Å². The van der Waals surface area contributed by atoms with Gasteiger partial charge in [-0.05, 0) is 34.5 Å². The fourth-order valence-electron chi connectivity index (χ4n) is 0.771. The lowest BCUT2D eigenvalue weighted by Gasteiger charge is -1.99. The van der Waals surface area contributed by atoms with Crippen molar-refractivity contribution in [2.75, 3.05) is 0 Å². The number of nitrogens with zero attached hydrogens (tertiary/aromatic N) is 1. The van der Waals surface area contributed by atoms with Crippen molar-refractivity contribution in [3.8, 4) is 0 Å². The Bertz CT molecular complexity index is 358. The summed E-state index contributed by atoms with van der Waals surface area (Å²) in [7, 11) is 0. The Kier molecular flexibility index (Phi) is 2.74. The molecule has 0 saturated carbocycles. The number of halogens is 2. The van der Waals surface area contributed by atoms with Crippen LogP contribution < -0.4 is 0 Å². The summed E-state index contributed by atoms with van der Waals surface area (Å²) >= 11 is 3.14. The number of hydrogen-bond acceptors (Lipinski definition) is 2. The normalized spacial score (nSPS) is 9.25. The molecule has 0 heterocycles. The largest absolute Gasteiger partial charge is 0.240 e. The Morgan fingerprint density at radius 2 is 2.25 bits per heavy atom. The summed E-state index contributed by atoms with van der Waals surface area (Å²) < 4.78 is 13.5. The molecular weight excluding hydrogens is 225 g/mol. The summed E-state index contributed by atoms with van der Waals surface area (Å²) in [5.41, 5.74) is 0.764. The molecule has 0 saturated heterocycles. The van der Waals surface area contributed by atoms with E-state index in [4.69, 9.17) is 0 Å². The quantitative estimate of drug-likeness (QED) is 0.538. The molecule has 0 radical (unpaired) electrons. The first-order valence-corrected chi connectivity index (χ1v) is 3.98. The van der Waals surface area contributed by atoms with Crippen LogP contribution in [0.15, 0.2) is 21.6 Å². The first kappa shape index (κ1) is 9.10. The van der Waals surface area contributed by atoms with Crippen LogP contribution in [0.4, 0.5) is 10.1 Å². The smallest absolute Gasteiger partial charge is 0.211 e. The number of benzene rings is 1. The molecule has 0 spiro atoms. The minimum Gasteiger partial charge on any atom is -0.211 e. The molecule has 0 atom stereocenters. The van der Waals surface area contributed by atoms with E-state index in [9.17, 15) is 9.18 Å². The Hall–Kier alpha value is -0.990. The summed E-state index contributed by atoms with van der Waals surface area (Å²) in [5, 5.41) is 0. The van der Waals surface area contributed by atoms with E-state index in [-0.39, 0.29) is 11.5 Å². The highest BCUT2D eigenvalue weighted by atomic mass is 79.9. The highest BCUT2D eigenvalue weighted by Crippen LogP contribution is 2.27. The second kappa shape index (κ2) is 3.61. The lowest BCUT2D eigenvalue weighted by atomic mass is 10.2. The summed E-state index contributed by atoms with van der Waals surface area (Å²) in [5.74, 6) is -0.382. The SMILES string of the molecule is Cc1cc(Br)c(N=C=O)cc1F. The third-order valence-electron chi connectivity index (χ3n) is 1.39. The first-order valence-electron chi connectivity index (χ1n) is 3.18. The third-order valence-corrected chi connectivity index (χ3v) is 2.03. The number of hydrogen-bond donors (Lipinski definition) is 0. The number of aliphatic imine (C=N–C) groups is 1. The van der Waals surface area contributed by atoms with Crippen LogP contribution in [0.25, 0.3) is 0 Å². The lowest BCUT2D eigenvalue weighted by molar-refractivity contribution is 0.565. The van der Waals surface area contributed by atoms with Crippen LogP contribution in [0, 0.1) is 12.7 Å². The van der Waals surface area contributed by atoms with Crippen molar-refractivity contribution in [3.63, 3.8) is 0 Å². The first-order chi connectivity index (χ1) is 5.65. The molecule has 0 fully saturated rings. The van der Waals surface area contributed by atoms with E-state index in [2.05, 4.69) is 20.9 Å². The zero-order valence-electron chi connectivity index (χ0n) is 6.27. The van der Waals surface area contributed by atoms with E-state index < -0.39 is 0 Å². The zero-order valence-corrected chi connectivity index (χ0v) is 7.85. The molecule has 0 unspecified atom stereocenters. The Balaban J connectivity index is 3.32. The molecule has 0 bridgehead atoms. The molecule has 0 aliphatic heterocycles. The van der Waals surface area contributed by atoms with E-state index >= 15 is 0 Å². The predicted octanol–water partition coefficient (Wildman–Crippen LogP) is 2.86. The third kappa shape index (κ3) is 1.78. The maximum Gasteiger partial charge on any atom is 0.240 e. The van der Waals surface area contributed by atoms with Crippen LogP contribution in [0.5, 0.6) is 0 Å². The standard InChI is InChI=1S/C8H5BrFNO/c1-5-2-6(9)8(11-4-12)3-7(5)10/h2-3H,1H3. The van der Waals surface area contributed by atoms with Crippen LogP contribution in [0.3, 0.4) is 0 Å². The molecule has 1 rings (SSSR count). The fourth-order valence-corrected chi connectivity index (χ4v) is 1.32. The molecule has 0 aromatic heterocycles. The molecule has 62 valence electrons. The maximum absolute atomic E-state index is 12.9. The summed E-state index contributed by atoms with van der Waals surface area (Å²) in [6.45, 7) is 1.63. The van der Waals surface area contributed by atoms with Gasteiger partial charge in [0.25, 0.3) is 0 Å². The molecule has 12 heavy (non-hydrogen) atoms. The Labute approximate surface area is 77.3 Å². The summed E-state index contributed by atoms with van der Waals surface area (Å²) in [6, 6.07) is 2.75. The molecule has 1 aromatic carbocycles. The van der Waals surface area contributed by atoms with E-state index in [0.717, 1.165) is 0 Å². The molecule has 0 N–H and O–H groups in total. The van der Waals surface area contributed by atoms with E-state index in [0.29, 0.717) is 10.0 Å². The van der Waals surface area contributed by atoms with Crippen molar-refractivity contribution in [3.05, 3.63) is 28.0 Å². The van der Waals surface area contributed by atoms with Crippen molar-refractivity contribution < 1.29 is 9.18 Å². The number of aryl methyl sites for hydroxylation is 1. The van der Waals surface area contributed by atoms with Gasteiger partial charge in [-0.15, -0.1) is 0 Å². The highest BCUT2D eigenvalue weighted by Gasteiger charge is 2.03. The topological polar surface area (TPSA) is 29.4 Å². The lowest BCUT2D eigenvalue weighted by Crippen LogP contribution is -1.81. The summed E-state index contributed by atoms with van der Waals surface area (Å²) in [6.07, 6.45) is 1.35. The van der Waals surface area contributed by atoms with Crippen molar-refractivity contribution in [1.29, 1.82) is 0 Å². The minimum absolute atomic E-state index is 0.258. The second-order valence-electron chi connectivity index (χ2n) is 2.26. The molecule has 0 aliphatic rings. The van der Waals surface area contributed by atoms with Gasteiger partial charge < -0.3 is 0 Å². The highest BCUT2D eigenvalue weighted by molar-refractivity contribution is 9.10. The summed E-state index contributed by atoms with van der Waals surface area (Å²) in [4.78, 5) is 13.2. The second-order valence-corrected chi connectivity index (χ2v) is 3.11. The van der Waals surface area contributed by atoms with Crippen molar-refractivity contribution >= 4 is 27.7 Å². The van der Waals surface area contributed by atoms with Gasteiger partial charge in [0.2, 0.25) is 6.08 Å². The fraction of sp³-hybridized carbons (Fsp3) is 0.125. The van der Waals surface area contributed by atoms with Crippen molar-refractivity contribution in [1.82, 2.24) is 0 Å². The van der Waals surface area contributed by atoms with Gasteiger partial charge in [-0.25, -0.2) is 9.18 Å². The van der Waals surface area contributed by atoms with Crippen LogP contribution in [-0.2, 0) is 4.79 Å². The molecule has 4 heteroatoms. The van der Waals surface area contributed by atoms with Crippen LogP contribution in [0.2, 0.25) is 0 Å². The van der Waals surface area contributed by atoms with Gasteiger partial charge in [-0.2, -0.15) is 4.99 Å². The number of isocyanates is 1. The van der Waals surface area contributed by atoms with Crippen LogP contribution in [-0.4, -0.2) is 6.08 Å². The van der Waals surface area contributed by atoms with E-state index in [1.807, 2.05) is 0 Å². The van der Waals surface area contributed by atoms with Gasteiger partial charge in [-0.1, -0.05) is 0 Å². The number of rotatable bonds is 1. The zero-order chi connectivity index (χ0) is 9.14. The minimum atomic E-state index is -0.382.